The maximum atomic E-state index is 5.22. The Balaban J connectivity index is 2.19. The minimum atomic E-state index is 0.762. The van der Waals surface area contributed by atoms with Gasteiger partial charge in [0.1, 0.15) is 5.52 Å². The topological polar surface area (TPSA) is 51.8 Å². The van der Waals surface area contributed by atoms with Crippen LogP contribution >= 0.6 is 0 Å². The largest absolute Gasteiger partial charge is 0.443 e. The van der Waals surface area contributed by atoms with Crippen molar-refractivity contribution in [2.24, 2.45) is 0 Å². The van der Waals surface area contributed by atoms with Crippen molar-refractivity contribution in [1.82, 2.24) is 15.0 Å². The third kappa shape index (κ3) is 1.36. The van der Waals surface area contributed by atoms with Gasteiger partial charge in [-0.05, 0) is 12.1 Å². The standard InChI is InChI=1S/C11H7N3O/c1-2-9-11(15-7-14-9)5-8(1)10-6-12-3-4-13-10/h1-7H. The number of oxazole rings is 1. The summed E-state index contributed by atoms with van der Waals surface area (Å²) in [5.41, 5.74) is 3.42. The molecule has 3 rings (SSSR count). The van der Waals surface area contributed by atoms with Gasteiger partial charge in [-0.2, -0.15) is 0 Å². The SMILES string of the molecule is c1cnc(-c2ccc3ncoc3c2)cn1. The maximum absolute atomic E-state index is 5.22. The normalized spacial score (nSPS) is 10.7. The Morgan fingerprint density at radius 2 is 2.07 bits per heavy atom. The lowest BCUT2D eigenvalue weighted by molar-refractivity contribution is 0.602. The molecule has 0 bridgehead atoms. The average molecular weight is 197 g/mol. The molecule has 0 aliphatic heterocycles. The fourth-order valence-corrected chi connectivity index (χ4v) is 1.46. The Hall–Kier alpha value is -2.23. The molecular weight excluding hydrogens is 190 g/mol. The molecule has 4 heteroatoms. The van der Waals surface area contributed by atoms with E-state index >= 15 is 0 Å². The molecule has 0 saturated heterocycles. The van der Waals surface area contributed by atoms with E-state index in [0.717, 1.165) is 22.4 Å². The van der Waals surface area contributed by atoms with Crippen molar-refractivity contribution in [3.05, 3.63) is 43.2 Å². The molecule has 0 aliphatic rings. The van der Waals surface area contributed by atoms with Gasteiger partial charge in [0.15, 0.2) is 12.0 Å². The zero-order valence-electron chi connectivity index (χ0n) is 7.79. The average Bonchev–Trinajstić information content (AvgIpc) is 2.77. The highest BCUT2D eigenvalue weighted by molar-refractivity contribution is 5.78. The van der Waals surface area contributed by atoms with Gasteiger partial charge in [0.25, 0.3) is 0 Å². The van der Waals surface area contributed by atoms with E-state index in [2.05, 4.69) is 15.0 Å². The number of hydrogen-bond donors (Lipinski definition) is 0. The minimum absolute atomic E-state index is 0.762. The van der Waals surface area contributed by atoms with E-state index in [-0.39, 0.29) is 0 Å². The number of fused-ring (bicyclic) bond motifs is 1. The van der Waals surface area contributed by atoms with Crippen LogP contribution in [0.15, 0.2) is 47.6 Å². The molecule has 0 fully saturated rings. The van der Waals surface area contributed by atoms with E-state index in [1.165, 1.54) is 6.39 Å². The minimum Gasteiger partial charge on any atom is -0.443 e. The first-order valence-electron chi connectivity index (χ1n) is 4.53. The van der Waals surface area contributed by atoms with Gasteiger partial charge < -0.3 is 4.42 Å². The van der Waals surface area contributed by atoms with Crippen molar-refractivity contribution >= 4 is 11.1 Å². The fourth-order valence-electron chi connectivity index (χ4n) is 1.46. The van der Waals surface area contributed by atoms with Crippen LogP contribution in [0.25, 0.3) is 22.4 Å². The molecule has 0 amide bonds. The Morgan fingerprint density at radius 1 is 1.07 bits per heavy atom. The van der Waals surface area contributed by atoms with Gasteiger partial charge in [0.2, 0.25) is 0 Å². The van der Waals surface area contributed by atoms with Crippen molar-refractivity contribution in [3.8, 4) is 11.3 Å². The van der Waals surface area contributed by atoms with Gasteiger partial charge in [-0.1, -0.05) is 6.07 Å². The van der Waals surface area contributed by atoms with Crippen LogP contribution in [-0.2, 0) is 0 Å². The molecule has 15 heavy (non-hydrogen) atoms. The highest BCUT2D eigenvalue weighted by Gasteiger charge is 2.02. The molecule has 72 valence electrons. The summed E-state index contributed by atoms with van der Waals surface area (Å²) < 4.78 is 5.22. The van der Waals surface area contributed by atoms with Crippen molar-refractivity contribution < 1.29 is 4.42 Å². The summed E-state index contributed by atoms with van der Waals surface area (Å²) >= 11 is 0. The molecule has 0 saturated carbocycles. The molecule has 2 aromatic heterocycles. The Bertz CT molecular complexity index is 589. The smallest absolute Gasteiger partial charge is 0.181 e. The van der Waals surface area contributed by atoms with Crippen LogP contribution in [0.2, 0.25) is 0 Å². The number of benzene rings is 1. The van der Waals surface area contributed by atoms with Crippen molar-refractivity contribution in [1.29, 1.82) is 0 Å². The second-order valence-electron chi connectivity index (χ2n) is 3.13. The van der Waals surface area contributed by atoms with Crippen LogP contribution in [-0.4, -0.2) is 15.0 Å². The van der Waals surface area contributed by atoms with Gasteiger partial charge in [-0.15, -0.1) is 0 Å². The zero-order valence-corrected chi connectivity index (χ0v) is 7.79. The molecule has 0 unspecified atom stereocenters. The van der Waals surface area contributed by atoms with Gasteiger partial charge in [0, 0.05) is 18.0 Å². The molecule has 0 N–H and O–H groups in total. The lowest BCUT2D eigenvalue weighted by Crippen LogP contribution is -1.83. The van der Waals surface area contributed by atoms with Crippen LogP contribution in [0.5, 0.6) is 0 Å². The first kappa shape index (κ1) is 8.11. The lowest BCUT2D eigenvalue weighted by Gasteiger charge is -1.97. The van der Waals surface area contributed by atoms with Gasteiger partial charge in [0.05, 0.1) is 11.9 Å². The Morgan fingerprint density at radius 3 is 2.93 bits per heavy atom. The highest BCUT2D eigenvalue weighted by atomic mass is 16.3. The monoisotopic (exact) mass is 197 g/mol. The number of aromatic nitrogens is 3. The molecule has 3 aromatic rings. The summed E-state index contributed by atoms with van der Waals surface area (Å²) in [6.45, 7) is 0. The van der Waals surface area contributed by atoms with E-state index in [1.54, 1.807) is 18.6 Å². The fraction of sp³-hybridized carbons (Fsp3) is 0. The quantitative estimate of drug-likeness (QED) is 0.600. The van der Waals surface area contributed by atoms with Crippen LogP contribution in [0.3, 0.4) is 0 Å². The summed E-state index contributed by atoms with van der Waals surface area (Å²) in [4.78, 5) is 12.3. The molecule has 2 heterocycles. The van der Waals surface area contributed by atoms with Gasteiger partial charge >= 0.3 is 0 Å². The second kappa shape index (κ2) is 3.16. The third-order valence-corrected chi connectivity index (χ3v) is 2.19. The summed E-state index contributed by atoms with van der Waals surface area (Å²) in [7, 11) is 0. The van der Waals surface area contributed by atoms with Gasteiger partial charge in [-0.3, -0.25) is 9.97 Å². The van der Waals surface area contributed by atoms with Gasteiger partial charge in [-0.25, -0.2) is 4.98 Å². The summed E-state index contributed by atoms with van der Waals surface area (Å²) in [6, 6.07) is 5.77. The predicted octanol–water partition coefficient (Wildman–Crippen LogP) is 2.28. The van der Waals surface area contributed by atoms with Crippen molar-refractivity contribution in [2.75, 3.05) is 0 Å². The number of nitrogens with zero attached hydrogens (tertiary/aromatic N) is 3. The predicted molar refractivity (Wildman–Crippen MR) is 55.0 cm³/mol. The maximum Gasteiger partial charge on any atom is 0.181 e. The number of rotatable bonds is 1. The van der Waals surface area contributed by atoms with E-state index < -0.39 is 0 Å². The molecular formula is C11H7N3O. The molecule has 0 radical (unpaired) electrons. The Kier molecular flexibility index (Phi) is 1.71. The summed E-state index contributed by atoms with van der Waals surface area (Å²) in [6.07, 6.45) is 6.47. The van der Waals surface area contributed by atoms with E-state index in [1.807, 2.05) is 18.2 Å². The Labute approximate surface area is 85.6 Å². The van der Waals surface area contributed by atoms with Crippen LogP contribution in [0.1, 0.15) is 0 Å². The van der Waals surface area contributed by atoms with E-state index in [0.29, 0.717) is 0 Å². The van der Waals surface area contributed by atoms with E-state index in [4.69, 9.17) is 4.42 Å². The van der Waals surface area contributed by atoms with Crippen LogP contribution in [0.4, 0.5) is 0 Å². The molecule has 0 aliphatic carbocycles. The third-order valence-electron chi connectivity index (χ3n) is 2.19. The lowest BCUT2D eigenvalue weighted by atomic mass is 10.1. The summed E-state index contributed by atoms with van der Waals surface area (Å²) in [5.74, 6) is 0. The van der Waals surface area contributed by atoms with Crippen molar-refractivity contribution in [3.63, 3.8) is 0 Å². The second-order valence-corrected chi connectivity index (χ2v) is 3.13. The molecule has 4 nitrogen and oxygen atoms in total. The number of hydrogen-bond acceptors (Lipinski definition) is 4. The highest BCUT2D eigenvalue weighted by Crippen LogP contribution is 2.21. The summed E-state index contributed by atoms with van der Waals surface area (Å²) in [5, 5.41) is 0. The van der Waals surface area contributed by atoms with E-state index in [9.17, 15) is 0 Å². The molecule has 0 spiro atoms. The first-order valence-corrected chi connectivity index (χ1v) is 4.53. The zero-order chi connectivity index (χ0) is 10.1. The molecule has 0 atom stereocenters. The van der Waals surface area contributed by atoms with Crippen LogP contribution < -0.4 is 0 Å². The van der Waals surface area contributed by atoms with Crippen LogP contribution in [0, 0.1) is 0 Å². The molecule has 1 aromatic carbocycles. The van der Waals surface area contributed by atoms with Crippen molar-refractivity contribution in [2.45, 2.75) is 0 Å². The first-order chi connectivity index (χ1) is 7.43.